The quantitative estimate of drug-likeness (QED) is 0.863. The van der Waals surface area contributed by atoms with E-state index in [9.17, 15) is 0 Å². The van der Waals surface area contributed by atoms with Crippen molar-refractivity contribution in [3.05, 3.63) is 40.6 Å². The van der Waals surface area contributed by atoms with Crippen molar-refractivity contribution in [3.63, 3.8) is 0 Å². The second kappa shape index (κ2) is 4.82. The summed E-state index contributed by atoms with van der Waals surface area (Å²) < 4.78 is 0. The van der Waals surface area contributed by atoms with Crippen molar-refractivity contribution in [1.82, 2.24) is 15.5 Å². The van der Waals surface area contributed by atoms with Crippen LogP contribution in [0.25, 0.3) is 11.3 Å². The molecule has 1 unspecified atom stereocenters. The van der Waals surface area contributed by atoms with E-state index in [4.69, 9.17) is 0 Å². The highest BCUT2D eigenvalue weighted by molar-refractivity contribution is 5.66. The molecule has 1 fully saturated rings. The number of aromatic nitrogens is 2. The highest BCUT2D eigenvalue weighted by atomic mass is 15.1. The lowest BCUT2D eigenvalue weighted by molar-refractivity contribution is 0.625. The zero-order valence-electron chi connectivity index (χ0n) is 11.9. The van der Waals surface area contributed by atoms with Crippen LogP contribution in [-0.2, 0) is 0 Å². The van der Waals surface area contributed by atoms with E-state index in [1.54, 1.807) is 0 Å². The van der Waals surface area contributed by atoms with E-state index in [0.717, 1.165) is 12.2 Å². The summed E-state index contributed by atoms with van der Waals surface area (Å²) in [5.74, 6) is 0. The summed E-state index contributed by atoms with van der Waals surface area (Å²) >= 11 is 0. The lowest BCUT2D eigenvalue weighted by Crippen LogP contribution is -2.12. The van der Waals surface area contributed by atoms with Gasteiger partial charge >= 0.3 is 0 Å². The molecule has 3 rings (SSSR count). The van der Waals surface area contributed by atoms with E-state index in [1.165, 1.54) is 40.8 Å². The minimum Gasteiger partial charge on any atom is -0.309 e. The molecule has 100 valence electrons. The van der Waals surface area contributed by atoms with Crippen LogP contribution in [0.4, 0.5) is 0 Å². The average molecular weight is 255 g/mol. The number of hydrogen-bond acceptors (Lipinski definition) is 2. The minimum atomic E-state index is 0.452. The molecule has 2 N–H and O–H groups in total. The number of rotatable bonds is 2. The van der Waals surface area contributed by atoms with Gasteiger partial charge in [0.15, 0.2) is 0 Å². The van der Waals surface area contributed by atoms with E-state index in [-0.39, 0.29) is 0 Å². The summed E-state index contributed by atoms with van der Waals surface area (Å²) in [4.78, 5) is 0. The highest BCUT2D eigenvalue weighted by Crippen LogP contribution is 2.29. The lowest BCUT2D eigenvalue weighted by Gasteiger charge is -2.09. The molecule has 1 aromatic heterocycles. The third-order valence-corrected chi connectivity index (χ3v) is 4.37. The Hall–Kier alpha value is -1.61. The Morgan fingerprint density at radius 1 is 1.16 bits per heavy atom. The van der Waals surface area contributed by atoms with Gasteiger partial charge in [0.2, 0.25) is 0 Å². The van der Waals surface area contributed by atoms with Gasteiger partial charge in [-0.2, -0.15) is 5.10 Å². The third-order valence-electron chi connectivity index (χ3n) is 4.37. The number of aryl methyl sites for hydroxylation is 1. The second-order valence-electron chi connectivity index (χ2n) is 5.54. The van der Waals surface area contributed by atoms with Crippen LogP contribution in [0.2, 0.25) is 0 Å². The zero-order chi connectivity index (χ0) is 13.4. The van der Waals surface area contributed by atoms with E-state index >= 15 is 0 Å². The van der Waals surface area contributed by atoms with E-state index < -0.39 is 0 Å². The van der Waals surface area contributed by atoms with Crippen LogP contribution < -0.4 is 5.32 Å². The fourth-order valence-corrected chi connectivity index (χ4v) is 2.84. The Bertz CT molecular complexity index is 592. The molecule has 0 saturated carbocycles. The van der Waals surface area contributed by atoms with Crippen molar-refractivity contribution in [2.75, 3.05) is 6.54 Å². The van der Waals surface area contributed by atoms with Crippen LogP contribution in [0.3, 0.4) is 0 Å². The first kappa shape index (κ1) is 12.4. The van der Waals surface area contributed by atoms with Gasteiger partial charge < -0.3 is 5.32 Å². The number of nitrogens with one attached hydrogen (secondary N) is 2. The number of hydrogen-bond donors (Lipinski definition) is 2. The number of benzene rings is 1. The predicted octanol–water partition coefficient (Wildman–Crippen LogP) is 3.43. The molecule has 19 heavy (non-hydrogen) atoms. The molecule has 2 heterocycles. The summed E-state index contributed by atoms with van der Waals surface area (Å²) in [6.45, 7) is 7.63. The summed E-state index contributed by atoms with van der Waals surface area (Å²) in [6, 6.07) is 7.01. The molecule has 1 aliphatic rings. The van der Waals surface area contributed by atoms with E-state index in [1.807, 2.05) is 0 Å². The van der Waals surface area contributed by atoms with Crippen LogP contribution in [0.1, 0.15) is 41.3 Å². The van der Waals surface area contributed by atoms with Crippen molar-refractivity contribution in [1.29, 1.82) is 0 Å². The molecule has 0 radical (unpaired) electrons. The van der Waals surface area contributed by atoms with Crippen LogP contribution in [0, 0.1) is 20.8 Å². The van der Waals surface area contributed by atoms with Gasteiger partial charge in [0, 0.05) is 11.6 Å². The van der Waals surface area contributed by atoms with Crippen molar-refractivity contribution in [3.8, 4) is 11.3 Å². The zero-order valence-corrected chi connectivity index (χ0v) is 11.9. The monoisotopic (exact) mass is 255 g/mol. The molecule has 3 nitrogen and oxygen atoms in total. The van der Waals surface area contributed by atoms with Gasteiger partial charge in [0.05, 0.1) is 11.4 Å². The summed E-state index contributed by atoms with van der Waals surface area (Å²) in [5, 5.41) is 11.2. The number of nitrogens with zero attached hydrogens (tertiary/aromatic N) is 1. The van der Waals surface area contributed by atoms with Gasteiger partial charge in [-0.15, -0.1) is 0 Å². The molecule has 3 heteroatoms. The first-order valence-corrected chi connectivity index (χ1v) is 7.02. The molecule has 1 aliphatic heterocycles. The highest BCUT2D eigenvalue weighted by Gasteiger charge is 2.19. The normalized spacial score (nSPS) is 19.0. The molecular formula is C16H21N3. The summed E-state index contributed by atoms with van der Waals surface area (Å²) in [7, 11) is 0. The summed E-state index contributed by atoms with van der Waals surface area (Å²) in [6.07, 6.45) is 2.45. The van der Waals surface area contributed by atoms with Crippen LogP contribution in [0.15, 0.2) is 18.2 Å². The molecule has 1 saturated heterocycles. The minimum absolute atomic E-state index is 0.452. The fraction of sp³-hybridized carbons (Fsp3) is 0.438. The van der Waals surface area contributed by atoms with Gasteiger partial charge in [-0.3, -0.25) is 5.10 Å². The van der Waals surface area contributed by atoms with Crippen molar-refractivity contribution in [2.24, 2.45) is 0 Å². The maximum atomic E-state index is 4.50. The van der Waals surface area contributed by atoms with E-state index in [0.29, 0.717) is 6.04 Å². The third kappa shape index (κ3) is 2.19. The maximum Gasteiger partial charge on any atom is 0.0926 e. The Morgan fingerprint density at radius 3 is 2.74 bits per heavy atom. The van der Waals surface area contributed by atoms with Crippen LogP contribution >= 0.6 is 0 Å². The fourth-order valence-electron chi connectivity index (χ4n) is 2.84. The average Bonchev–Trinajstić information content (AvgIpc) is 3.06. The molecule has 0 spiro atoms. The van der Waals surface area contributed by atoms with Crippen LogP contribution in [-0.4, -0.2) is 16.7 Å². The van der Waals surface area contributed by atoms with E-state index in [2.05, 4.69) is 54.5 Å². The molecule has 1 atom stereocenters. The Balaban J connectivity index is 1.96. The van der Waals surface area contributed by atoms with Gasteiger partial charge in [0.1, 0.15) is 0 Å². The first-order valence-electron chi connectivity index (χ1n) is 7.02. The number of H-pyrrole nitrogens is 1. The van der Waals surface area contributed by atoms with Crippen molar-refractivity contribution < 1.29 is 0 Å². The van der Waals surface area contributed by atoms with Crippen molar-refractivity contribution in [2.45, 2.75) is 39.7 Å². The van der Waals surface area contributed by atoms with Gasteiger partial charge in [-0.25, -0.2) is 0 Å². The van der Waals surface area contributed by atoms with Crippen molar-refractivity contribution >= 4 is 0 Å². The summed E-state index contributed by atoms with van der Waals surface area (Å²) in [5.41, 5.74) is 7.55. The Morgan fingerprint density at radius 2 is 2.00 bits per heavy atom. The predicted molar refractivity (Wildman–Crippen MR) is 78.2 cm³/mol. The molecule has 2 aromatic rings. The molecule has 1 aromatic carbocycles. The maximum absolute atomic E-state index is 4.50. The molecule has 0 bridgehead atoms. The Kier molecular flexibility index (Phi) is 3.15. The molecule has 0 aliphatic carbocycles. The number of aromatic amines is 1. The SMILES string of the molecule is Cc1ccc(-c2cc(C3CCCN3)[nH]n2)c(C)c1C. The lowest BCUT2D eigenvalue weighted by atomic mass is 9.97. The largest absolute Gasteiger partial charge is 0.309 e. The smallest absolute Gasteiger partial charge is 0.0926 e. The van der Waals surface area contributed by atoms with Gasteiger partial charge in [0.25, 0.3) is 0 Å². The first-order chi connectivity index (χ1) is 9.16. The second-order valence-corrected chi connectivity index (χ2v) is 5.54. The molecule has 0 amide bonds. The van der Waals surface area contributed by atoms with Crippen LogP contribution in [0.5, 0.6) is 0 Å². The standard InChI is InChI=1S/C16H21N3/c1-10-6-7-13(12(3)11(10)2)15-9-16(19-18-15)14-5-4-8-17-14/h6-7,9,14,17H,4-5,8H2,1-3H3,(H,18,19). The molecular weight excluding hydrogens is 234 g/mol. The Labute approximate surface area is 114 Å². The van der Waals surface area contributed by atoms with Gasteiger partial charge in [-0.05, 0) is 62.9 Å². The topological polar surface area (TPSA) is 40.7 Å². The van der Waals surface area contributed by atoms with Gasteiger partial charge in [-0.1, -0.05) is 12.1 Å².